The van der Waals surface area contributed by atoms with Crippen LogP contribution in [0.5, 0.6) is 0 Å². The maximum atomic E-state index is 4.01. The molecule has 3 heteroatoms. The van der Waals surface area contributed by atoms with Gasteiger partial charge in [-0.3, -0.25) is 0 Å². The van der Waals surface area contributed by atoms with E-state index in [0.717, 1.165) is 62.4 Å². The fourth-order valence-electron chi connectivity index (χ4n) is 7.44. The quantitative estimate of drug-likeness (QED) is 0.0819. The van der Waals surface area contributed by atoms with Crippen molar-refractivity contribution >= 4 is 22.7 Å². The van der Waals surface area contributed by atoms with E-state index in [-0.39, 0.29) is 0 Å². The first-order valence-electron chi connectivity index (χ1n) is 23.3. The molecule has 67 heavy (non-hydrogen) atoms. The first-order valence-corrected chi connectivity index (χ1v) is 23.3. The third-order valence-corrected chi connectivity index (χ3v) is 11.4. The molecule has 0 atom stereocenters. The van der Waals surface area contributed by atoms with E-state index < -0.39 is 0 Å². The standard InChI is InChI=1S/C64H73N3/c1-14-28-59(17-4)65(61-32-21-18-22-33-61)55(11)44-41-52(8)50(6)39-40-51(7)53(9)43-46-58(48-57(13)67(63-36-25-20-26-37-63)64-38-27-31-49(5)47-64)54(10)42-45-56(12)66(60(29-15-2)30-16-3)62-34-23-19-24-35-62/h14-48H,2H2,1,3-13H3/b28-14-,30-16-,50-39+,51-40+,52-41+,53-43+,54-42-,55-44+,56-45+,57-48-,58-46+,59-17+,60-29+. The van der Waals surface area contributed by atoms with Gasteiger partial charge in [0.05, 0.1) is 0 Å². The van der Waals surface area contributed by atoms with E-state index in [1.165, 1.54) is 27.9 Å². The van der Waals surface area contributed by atoms with Crippen LogP contribution < -0.4 is 14.7 Å². The van der Waals surface area contributed by atoms with Gasteiger partial charge in [-0.05, 0) is 207 Å². The Morgan fingerprint density at radius 2 is 0.836 bits per heavy atom. The van der Waals surface area contributed by atoms with Crippen LogP contribution in [0.4, 0.5) is 22.7 Å². The van der Waals surface area contributed by atoms with E-state index in [0.29, 0.717) is 0 Å². The second kappa shape index (κ2) is 27.2. The van der Waals surface area contributed by atoms with Gasteiger partial charge in [-0.2, -0.15) is 0 Å². The number of aryl methyl sites for hydroxylation is 1. The summed E-state index contributed by atoms with van der Waals surface area (Å²) < 4.78 is 0. The van der Waals surface area contributed by atoms with Gasteiger partial charge in [0.15, 0.2) is 0 Å². The summed E-state index contributed by atoms with van der Waals surface area (Å²) in [5, 5.41) is 0. The molecule has 0 amide bonds. The molecule has 0 bridgehead atoms. The zero-order chi connectivity index (χ0) is 48.7. The fourth-order valence-corrected chi connectivity index (χ4v) is 7.44. The lowest BCUT2D eigenvalue weighted by molar-refractivity contribution is 1.09. The summed E-state index contributed by atoms with van der Waals surface area (Å²) >= 11 is 0. The number of para-hydroxylation sites is 3. The topological polar surface area (TPSA) is 9.72 Å². The maximum absolute atomic E-state index is 4.01. The van der Waals surface area contributed by atoms with Crippen molar-refractivity contribution in [1.29, 1.82) is 0 Å². The van der Waals surface area contributed by atoms with Gasteiger partial charge < -0.3 is 14.7 Å². The van der Waals surface area contributed by atoms with Crippen LogP contribution in [0.15, 0.2) is 281 Å². The molecular formula is C64H73N3. The monoisotopic (exact) mass is 884 g/mol. The van der Waals surface area contributed by atoms with Crippen LogP contribution in [-0.4, -0.2) is 0 Å². The molecule has 0 saturated carbocycles. The van der Waals surface area contributed by atoms with Crippen molar-refractivity contribution in [2.75, 3.05) is 14.7 Å². The van der Waals surface area contributed by atoms with E-state index in [9.17, 15) is 0 Å². The highest BCUT2D eigenvalue weighted by Gasteiger charge is 2.15. The first-order chi connectivity index (χ1) is 32.3. The van der Waals surface area contributed by atoms with Crippen LogP contribution in [-0.2, 0) is 0 Å². The van der Waals surface area contributed by atoms with Gasteiger partial charge in [0, 0.05) is 51.2 Å². The minimum Gasteiger partial charge on any atom is -0.315 e. The lowest BCUT2D eigenvalue weighted by atomic mass is 10.0. The Morgan fingerprint density at radius 1 is 0.418 bits per heavy atom. The Bertz CT molecular complexity index is 2680. The normalized spacial score (nSPS) is 14.6. The lowest BCUT2D eigenvalue weighted by Crippen LogP contribution is -2.19. The molecule has 0 radical (unpaired) electrons. The molecular weight excluding hydrogens is 811 g/mol. The van der Waals surface area contributed by atoms with Crippen LogP contribution >= 0.6 is 0 Å². The summed E-state index contributed by atoms with van der Waals surface area (Å²) in [4.78, 5) is 6.88. The van der Waals surface area contributed by atoms with Crippen molar-refractivity contribution in [2.24, 2.45) is 0 Å². The van der Waals surface area contributed by atoms with Gasteiger partial charge in [-0.25, -0.2) is 0 Å². The third-order valence-electron chi connectivity index (χ3n) is 11.4. The summed E-state index contributed by atoms with van der Waals surface area (Å²) in [6.45, 7) is 29.8. The fraction of sp³-hybridized carbons (Fsp3) is 0.188. The first kappa shape index (κ1) is 52.3. The number of nitrogens with zero attached hydrogens (tertiary/aromatic N) is 3. The number of benzene rings is 4. The van der Waals surface area contributed by atoms with Crippen molar-refractivity contribution in [2.45, 2.75) is 83.1 Å². The van der Waals surface area contributed by atoms with Crippen molar-refractivity contribution in [3.05, 3.63) is 287 Å². The number of allylic oxidation sites excluding steroid dienone is 25. The largest absolute Gasteiger partial charge is 0.315 e. The second-order valence-electron chi connectivity index (χ2n) is 16.7. The van der Waals surface area contributed by atoms with Crippen molar-refractivity contribution < 1.29 is 0 Å². The van der Waals surface area contributed by atoms with Crippen LogP contribution in [0.3, 0.4) is 0 Å². The molecule has 0 N–H and O–H groups in total. The Labute approximate surface area is 405 Å². The molecule has 3 nitrogen and oxygen atoms in total. The third kappa shape index (κ3) is 15.6. The highest BCUT2D eigenvalue weighted by atomic mass is 15.2. The van der Waals surface area contributed by atoms with Gasteiger partial charge in [-0.1, -0.05) is 134 Å². The number of hydrogen-bond donors (Lipinski definition) is 0. The zero-order valence-corrected chi connectivity index (χ0v) is 42.3. The van der Waals surface area contributed by atoms with E-state index in [1.54, 1.807) is 0 Å². The van der Waals surface area contributed by atoms with Crippen LogP contribution in [0.1, 0.15) is 81.7 Å². The smallest absolute Gasteiger partial charge is 0.0460 e. The molecule has 4 rings (SSSR count). The molecule has 344 valence electrons. The molecule has 0 spiro atoms. The molecule has 4 aromatic rings. The summed E-state index contributed by atoms with van der Waals surface area (Å²) in [5.74, 6) is 0. The molecule has 0 unspecified atom stereocenters. The molecule has 0 fully saturated rings. The molecule has 4 aromatic carbocycles. The summed E-state index contributed by atoms with van der Waals surface area (Å²) in [7, 11) is 0. The SMILES string of the molecule is C=C/C=C(\C=C/C)N(\C(C)=C\C=C(C)/C(/C=C(/C)N(c1ccccc1)c1cccc(C)c1)=C/C=C(C)/C(C)=C/C=C(C)/C(C)=C/C=C(\C)N(C(/C=C\C)=C/C)c1ccccc1)c1ccccc1. The summed E-state index contributed by atoms with van der Waals surface area (Å²) in [5.41, 5.74) is 18.2. The van der Waals surface area contributed by atoms with E-state index in [2.05, 4.69) is 292 Å². The van der Waals surface area contributed by atoms with Crippen molar-refractivity contribution in [1.82, 2.24) is 0 Å². The lowest BCUT2D eigenvalue weighted by Gasteiger charge is -2.27. The van der Waals surface area contributed by atoms with E-state index in [4.69, 9.17) is 0 Å². The van der Waals surface area contributed by atoms with Gasteiger partial charge in [0.2, 0.25) is 0 Å². The average molecular weight is 884 g/mol. The van der Waals surface area contributed by atoms with Crippen LogP contribution in [0.2, 0.25) is 0 Å². The zero-order valence-electron chi connectivity index (χ0n) is 42.3. The Hall–Kier alpha value is -7.36. The Balaban J connectivity index is 1.79. The number of rotatable bonds is 20. The Morgan fingerprint density at radius 3 is 1.30 bits per heavy atom. The molecule has 0 aliphatic rings. The van der Waals surface area contributed by atoms with Gasteiger partial charge in [0.1, 0.15) is 0 Å². The van der Waals surface area contributed by atoms with Gasteiger partial charge in [-0.15, -0.1) is 0 Å². The van der Waals surface area contributed by atoms with Crippen molar-refractivity contribution in [3.63, 3.8) is 0 Å². The van der Waals surface area contributed by atoms with Crippen molar-refractivity contribution in [3.8, 4) is 0 Å². The van der Waals surface area contributed by atoms with Crippen LogP contribution in [0, 0.1) is 6.92 Å². The summed E-state index contributed by atoms with van der Waals surface area (Å²) in [6, 6.07) is 40.3. The maximum Gasteiger partial charge on any atom is 0.0460 e. The Kier molecular flexibility index (Phi) is 21.2. The average Bonchev–Trinajstić information content (AvgIpc) is 3.33. The predicted molar refractivity (Wildman–Crippen MR) is 297 cm³/mol. The number of hydrogen-bond acceptors (Lipinski definition) is 3. The number of anilines is 4. The highest BCUT2D eigenvalue weighted by molar-refractivity contribution is 5.70. The molecule has 0 aliphatic heterocycles. The van der Waals surface area contributed by atoms with E-state index >= 15 is 0 Å². The molecule has 0 aliphatic carbocycles. The molecule has 0 aromatic heterocycles. The predicted octanol–water partition coefficient (Wildman–Crippen LogP) is 18.6. The highest BCUT2D eigenvalue weighted by Crippen LogP contribution is 2.32. The molecule has 0 saturated heterocycles. The second-order valence-corrected chi connectivity index (χ2v) is 16.7. The van der Waals surface area contributed by atoms with Gasteiger partial charge >= 0.3 is 0 Å². The minimum atomic E-state index is 1.03. The van der Waals surface area contributed by atoms with Gasteiger partial charge in [0.25, 0.3) is 0 Å². The van der Waals surface area contributed by atoms with Crippen LogP contribution in [0.25, 0.3) is 0 Å². The minimum absolute atomic E-state index is 1.03. The summed E-state index contributed by atoms with van der Waals surface area (Å²) in [6.07, 6.45) is 34.5. The van der Waals surface area contributed by atoms with E-state index in [1.807, 2.05) is 25.1 Å². The molecule has 0 heterocycles.